The highest BCUT2D eigenvalue weighted by Gasteiger charge is 2.31. The number of amides is 2. The molecule has 0 spiro atoms. The van der Waals surface area contributed by atoms with Gasteiger partial charge in [0.1, 0.15) is 0 Å². The van der Waals surface area contributed by atoms with Gasteiger partial charge in [0.2, 0.25) is 12.7 Å². The number of ether oxygens (including phenoxy) is 2. The Hall–Kier alpha value is -3.02. The molecule has 0 aliphatic carbocycles. The summed E-state index contributed by atoms with van der Waals surface area (Å²) in [6.45, 7) is 3.98. The molecule has 28 heavy (non-hydrogen) atoms. The summed E-state index contributed by atoms with van der Waals surface area (Å²) in [5.41, 5.74) is 1.52. The Balaban J connectivity index is 1.39. The van der Waals surface area contributed by atoms with Gasteiger partial charge in [-0.25, -0.2) is 0 Å². The van der Waals surface area contributed by atoms with Gasteiger partial charge in [-0.05, 0) is 50.1 Å². The van der Waals surface area contributed by atoms with E-state index in [2.05, 4.69) is 0 Å². The molecule has 1 fully saturated rings. The third-order valence-electron chi connectivity index (χ3n) is 5.40. The first-order valence-corrected chi connectivity index (χ1v) is 9.72. The number of likely N-dealkylation sites (tertiary alicyclic amines) is 1. The molecule has 0 atom stereocenters. The first-order chi connectivity index (χ1) is 13.7. The largest absolute Gasteiger partial charge is 0.454 e. The number of hydrogen-bond donors (Lipinski definition) is 0. The summed E-state index contributed by atoms with van der Waals surface area (Å²) in [5, 5.41) is 0. The Kier molecular flexibility index (Phi) is 5.19. The van der Waals surface area contributed by atoms with Crippen molar-refractivity contribution in [3.63, 3.8) is 0 Å². The molecule has 2 aliphatic heterocycles. The zero-order valence-corrected chi connectivity index (χ0v) is 16.0. The van der Waals surface area contributed by atoms with Gasteiger partial charge in [0, 0.05) is 36.8 Å². The highest BCUT2D eigenvalue weighted by molar-refractivity contribution is 5.96. The number of hydrogen-bond acceptors (Lipinski definition) is 4. The number of rotatable bonds is 4. The van der Waals surface area contributed by atoms with Crippen LogP contribution in [-0.4, -0.2) is 43.1 Å². The zero-order valence-electron chi connectivity index (χ0n) is 16.0. The molecule has 146 valence electrons. The topological polar surface area (TPSA) is 59.1 Å². The smallest absolute Gasteiger partial charge is 0.253 e. The average molecular weight is 380 g/mol. The van der Waals surface area contributed by atoms with Gasteiger partial charge in [0.25, 0.3) is 5.91 Å². The third kappa shape index (κ3) is 3.54. The van der Waals surface area contributed by atoms with E-state index in [1.54, 1.807) is 18.2 Å². The summed E-state index contributed by atoms with van der Waals surface area (Å²) < 4.78 is 10.7. The van der Waals surface area contributed by atoms with E-state index in [1.807, 2.05) is 47.1 Å². The predicted molar refractivity (Wildman–Crippen MR) is 106 cm³/mol. The molecule has 2 aromatic rings. The second-order valence-corrected chi connectivity index (χ2v) is 7.05. The van der Waals surface area contributed by atoms with Crippen LogP contribution < -0.4 is 14.4 Å². The third-order valence-corrected chi connectivity index (χ3v) is 5.40. The summed E-state index contributed by atoms with van der Waals surface area (Å²) in [4.78, 5) is 29.5. The van der Waals surface area contributed by atoms with Gasteiger partial charge in [-0.3, -0.25) is 9.59 Å². The lowest BCUT2D eigenvalue weighted by molar-refractivity contribution is -0.123. The summed E-state index contributed by atoms with van der Waals surface area (Å²) in [6.07, 6.45) is 1.36. The fourth-order valence-corrected chi connectivity index (χ4v) is 3.84. The molecule has 2 amide bonds. The minimum Gasteiger partial charge on any atom is -0.454 e. The Bertz CT molecular complexity index is 860. The standard InChI is InChI=1S/C22H24N2O4/c1-2-24(18-6-4-3-5-7-18)22(26)16-10-12-23(13-11-16)21(25)17-8-9-19-20(14-17)28-15-27-19/h3-9,14,16H,2,10-13,15H2,1H3. The van der Waals surface area contributed by atoms with Crippen LogP contribution >= 0.6 is 0 Å². The molecule has 0 radical (unpaired) electrons. The van der Waals surface area contributed by atoms with E-state index in [0.29, 0.717) is 49.5 Å². The summed E-state index contributed by atoms with van der Waals surface area (Å²) in [5.74, 6) is 1.34. The minimum absolute atomic E-state index is 0.0281. The van der Waals surface area contributed by atoms with Crippen molar-refractivity contribution in [2.24, 2.45) is 5.92 Å². The molecule has 1 saturated heterocycles. The van der Waals surface area contributed by atoms with Crippen LogP contribution in [-0.2, 0) is 4.79 Å². The molecule has 2 aliphatic rings. The highest BCUT2D eigenvalue weighted by Crippen LogP contribution is 2.33. The Morgan fingerprint density at radius 2 is 1.75 bits per heavy atom. The van der Waals surface area contributed by atoms with Crippen LogP contribution in [0.15, 0.2) is 48.5 Å². The van der Waals surface area contributed by atoms with Gasteiger partial charge >= 0.3 is 0 Å². The van der Waals surface area contributed by atoms with Gasteiger partial charge < -0.3 is 19.3 Å². The lowest BCUT2D eigenvalue weighted by Gasteiger charge is -2.34. The first-order valence-electron chi connectivity index (χ1n) is 9.72. The number of fused-ring (bicyclic) bond motifs is 1. The van der Waals surface area contributed by atoms with Crippen molar-refractivity contribution in [1.82, 2.24) is 4.90 Å². The molecule has 0 unspecified atom stereocenters. The highest BCUT2D eigenvalue weighted by atomic mass is 16.7. The molecule has 2 heterocycles. The van der Waals surface area contributed by atoms with Crippen LogP contribution in [0.1, 0.15) is 30.1 Å². The number of para-hydroxylation sites is 1. The number of benzene rings is 2. The van der Waals surface area contributed by atoms with Crippen LogP contribution in [0.4, 0.5) is 5.69 Å². The predicted octanol–water partition coefficient (Wildman–Crippen LogP) is 3.32. The molecule has 0 bridgehead atoms. The van der Waals surface area contributed by atoms with Gasteiger partial charge in [-0.2, -0.15) is 0 Å². The minimum atomic E-state index is -0.0547. The number of carbonyl (C=O) groups is 2. The van der Waals surface area contributed by atoms with Gasteiger partial charge in [-0.1, -0.05) is 18.2 Å². The van der Waals surface area contributed by atoms with Gasteiger partial charge in [0.05, 0.1) is 0 Å². The number of carbonyl (C=O) groups excluding carboxylic acids is 2. The molecular weight excluding hydrogens is 356 g/mol. The van der Waals surface area contributed by atoms with Crippen LogP contribution in [0, 0.1) is 5.92 Å². The van der Waals surface area contributed by atoms with Crippen molar-refractivity contribution in [3.8, 4) is 11.5 Å². The van der Waals surface area contributed by atoms with Crippen LogP contribution in [0.2, 0.25) is 0 Å². The zero-order chi connectivity index (χ0) is 19.5. The Morgan fingerprint density at radius 3 is 2.46 bits per heavy atom. The molecule has 6 heteroatoms. The molecule has 6 nitrogen and oxygen atoms in total. The average Bonchev–Trinajstić information content (AvgIpc) is 3.22. The van der Waals surface area contributed by atoms with Crippen LogP contribution in [0.25, 0.3) is 0 Å². The maximum atomic E-state index is 13.0. The fourth-order valence-electron chi connectivity index (χ4n) is 3.84. The number of piperidine rings is 1. The second-order valence-electron chi connectivity index (χ2n) is 7.05. The van der Waals surface area contributed by atoms with E-state index in [4.69, 9.17) is 9.47 Å². The molecular formula is C22H24N2O4. The van der Waals surface area contributed by atoms with E-state index in [-0.39, 0.29) is 24.5 Å². The summed E-state index contributed by atoms with van der Waals surface area (Å²) >= 11 is 0. The number of nitrogens with zero attached hydrogens (tertiary/aromatic N) is 2. The van der Waals surface area contributed by atoms with Gasteiger partial charge in [-0.15, -0.1) is 0 Å². The first kappa shape index (κ1) is 18.3. The van der Waals surface area contributed by atoms with Crippen molar-refractivity contribution in [1.29, 1.82) is 0 Å². The van der Waals surface area contributed by atoms with Gasteiger partial charge in [0.15, 0.2) is 11.5 Å². The van der Waals surface area contributed by atoms with Crippen LogP contribution in [0.5, 0.6) is 11.5 Å². The summed E-state index contributed by atoms with van der Waals surface area (Å²) in [7, 11) is 0. The van der Waals surface area contributed by atoms with Crippen LogP contribution in [0.3, 0.4) is 0 Å². The maximum Gasteiger partial charge on any atom is 0.253 e. The lowest BCUT2D eigenvalue weighted by Crippen LogP contribution is -2.44. The van der Waals surface area contributed by atoms with E-state index in [9.17, 15) is 9.59 Å². The molecule has 0 N–H and O–H groups in total. The van der Waals surface area contributed by atoms with E-state index < -0.39 is 0 Å². The quantitative estimate of drug-likeness (QED) is 0.816. The Labute approximate surface area is 164 Å². The maximum absolute atomic E-state index is 13.0. The van der Waals surface area contributed by atoms with E-state index in [1.165, 1.54) is 0 Å². The normalized spacial score (nSPS) is 16.1. The fraction of sp³-hybridized carbons (Fsp3) is 0.364. The molecule has 2 aromatic carbocycles. The van der Waals surface area contributed by atoms with Crippen molar-refractivity contribution >= 4 is 17.5 Å². The SMILES string of the molecule is CCN(C(=O)C1CCN(C(=O)c2ccc3c(c2)OCO3)CC1)c1ccccc1. The van der Waals surface area contributed by atoms with Crippen molar-refractivity contribution in [2.45, 2.75) is 19.8 Å². The lowest BCUT2D eigenvalue weighted by atomic mass is 9.94. The monoisotopic (exact) mass is 380 g/mol. The Morgan fingerprint density at radius 1 is 1.04 bits per heavy atom. The molecule has 0 aromatic heterocycles. The number of anilines is 1. The summed E-state index contributed by atoms with van der Waals surface area (Å²) in [6, 6.07) is 15.0. The van der Waals surface area contributed by atoms with E-state index >= 15 is 0 Å². The molecule has 4 rings (SSSR count). The molecule has 0 saturated carbocycles. The van der Waals surface area contributed by atoms with Crippen molar-refractivity contribution in [3.05, 3.63) is 54.1 Å². The van der Waals surface area contributed by atoms with Crippen molar-refractivity contribution < 1.29 is 19.1 Å². The van der Waals surface area contributed by atoms with Crippen molar-refractivity contribution in [2.75, 3.05) is 31.3 Å². The van der Waals surface area contributed by atoms with E-state index in [0.717, 1.165) is 5.69 Å². The second kappa shape index (κ2) is 7.92.